The van der Waals surface area contributed by atoms with Crippen LogP contribution in [0.4, 0.5) is 4.39 Å². The van der Waals surface area contributed by atoms with Gasteiger partial charge >= 0.3 is 0 Å². The lowest BCUT2D eigenvalue weighted by atomic mass is 10.1. The van der Waals surface area contributed by atoms with Gasteiger partial charge in [0.1, 0.15) is 17.3 Å². The molecule has 0 atom stereocenters. The zero-order valence-corrected chi connectivity index (χ0v) is 11.4. The van der Waals surface area contributed by atoms with Crippen LogP contribution >= 0.6 is 11.6 Å². The molecule has 0 aliphatic rings. The van der Waals surface area contributed by atoms with Crippen molar-refractivity contribution in [3.8, 4) is 11.5 Å². The number of nitrogens with two attached hydrogens (primary N) is 1. The third-order valence-corrected chi connectivity index (χ3v) is 2.99. The fourth-order valence-corrected chi connectivity index (χ4v) is 1.96. The summed E-state index contributed by atoms with van der Waals surface area (Å²) in [5.41, 5.74) is 7.31. The molecule has 2 aromatic carbocycles. The maximum Gasteiger partial charge on any atom is 0.146 e. The predicted molar refractivity (Wildman–Crippen MR) is 75.4 cm³/mol. The van der Waals surface area contributed by atoms with Crippen LogP contribution in [0.3, 0.4) is 0 Å². The van der Waals surface area contributed by atoms with E-state index in [-0.39, 0.29) is 5.82 Å². The molecule has 0 bridgehead atoms. The van der Waals surface area contributed by atoms with E-state index in [4.69, 9.17) is 22.1 Å². The zero-order chi connectivity index (χ0) is 13.8. The van der Waals surface area contributed by atoms with Gasteiger partial charge in [0, 0.05) is 6.07 Å². The van der Waals surface area contributed by atoms with Crippen LogP contribution < -0.4 is 10.5 Å². The topological polar surface area (TPSA) is 35.2 Å². The van der Waals surface area contributed by atoms with Crippen molar-refractivity contribution in [3.05, 3.63) is 58.4 Å². The van der Waals surface area contributed by atoms with Crippen molar-refractivity contribution in [3.63, 3.8) is 0 Å². The molecule has 0 radical (unpaired) electrons. The van der Waals surface area contributed by atoms with E-state index < -0.39 is 0 Å². The first kappa shape index (κ1) is 13.8. The smallest absolute Gasteiger partial charge is 0.146 e. The number of ether oxygens (including phenoxy) is 1. The maximum atomic E-state index is 13.5. The number of hydrogen-bond acceptors (Lipinski definition) is 2. The van der Waals surface area contributed by atoms with E-state index in [2.05, 4.69) is 0 Å². The highest BCUT2D eigenvalue weighted by molar-refractivity contribution is 6.32. The Bertz CT molecular complexity index is 586. The molecule has 19 heavy (non-hydrogen) atoms. The van der Waals surface area contributed by atoms with Crippen molar-refractivity contribution < 1.29 is 9.13 Å². The Balaban J connectivity index is 2.29. The van der Waals surface area contributed by atoms with Gasteiger partial charge in [-0.2, -0.15) is 0 Å². The molecule has 4 heteroatoms. The van der Waals surface area contributed by atoms with Crippen LogP contribution in [-0.2, 0) is 6.42 Å². The molecule has 100 valence electrons. The van der Waals surface area contributed by atoms with Gasteiger partial charge in [0.15, 0.2) is 0 Å². The minimum atomic E-state index is -0.343. The van der Waals surface area contributed by atoms with Crippen LogP contribution in [-0.4, -0.2) is 6.54 Å². The fourth-order valence-electron chi connectivity index (χ4n) is 1.81. The largest absolute Gasteiger partial charge is 0.456 e. The number of hydrogen-bond donors (Lipinski definition) is 1. The van der Waals surface area contributed by atoms with Gasteiger partial charge in [0.05, 0.1) is 5.02 Å². The first-order valence-corrected chi connectivity index (χ1v) is 6.40. The summed E-state index contributed by atoms with van der Waals surface area (Å²) in [4.78, 5) is 0. The molecule has 2 N–H and O–H groups in total. The van der Waals surface area contributed by atoms with Crippen molar-refractivity contribution in [2.24, 2.45) is 5.73 Å². The molecule has 0 fully saturated rings. The van der Waals surface area contributed by atoms with E-state index in [0.717, 1.165) is 11.1 Å². The number of aryl methyl sites for hydroxylation is 1. The summed E-state index contributed by atoms with van der Waals surface area (Å²) in [7, 11) is 0. The van der Waals surface area contributed by atoms with Gasteiger partial charge in [-0.15, -0.1) is 0 Å². The lowest BCUT2D eigenvalue weighted by Gasteiger charge is -2.10. The van der Waals surface area contributed by atoms with E-state index in [9.17, 15) is 4.39 Å². The number of halogens is 2. The third kappa shape index (κ3) is 3.69. The average Bonchev–Trinajstić information content (AvgIpc) is 2.33. The van der Waals surface area contributed by atoms with Gasteiger partial charge in [0.2, 0.25) is 0 Å². The number of benzene rings is 2. The quantitative estimate of drug-likeness (QED) is 0.915. The Kier molecular flexibility index (Phi) is 4.40. The number of rotatable bonds is 4. The van der Waals surface area contributed by atoms with Crippen molar-refractivity contribution in [2.75, 3.05) is 6.54 Å². The standard InChI is InChI=1S/C15H15ClFNO/c1-10-2-3-14(16)15(6-10)19-13-8-11(4-5-18)7-12(17)9-13/h2-3,6-9H,4-5,18H2,1H3. The van der Waals surface area contributed by atoms with Crippen LogP contribution in [0.5, 0.6) is 11.5 Å². The van der Waals surface area contributed by atoms with Crippen molar-refractivity contribution in [2.45, 2.75) is 13.3 Å². The molecule has 2 nitrogen and oxygen atoms in total. The summed E-state index contributed by atoms with van der Waals surface area (Å²) in [6, 6.07) is 10.0. The molecular formula is C15H15ClFNO. The summed E-state index contributed by atoms with van der Waals surface area (Å²) < 4.78 is 19.1. The highest BCUT2D eigenvalue weighted by atomic mass is 35.5. The predicted octanol–water partition coefficient (Wildman–Crippen LogP) is 4.08. The van der Waals surface area contributed by atoms with E-state index in [1.165, 1.54) is 12.1 Å². The molecule has 0 aromatic heterocycles. The highest BCUT2D eigenvalue weighted by Crippen LogP contribution is 2.31. The molecule has 0 aliphatic carbocycles. The summed E-state index contributed by atoms with van der Waals surface area (Å²) in [5.74, 6) is 0.603. The van der Waals surface area contributed by atoms with Gasteiger partial charge in [-0.25, -0.2) is 4.39 Å². The van der Waals surface area contributed by atoms with E-state index >= 15 is 0 Å². The molecule has 0 heterocycles. The fraction of sp³-hybridized carbons (Fsp3) is 0.200. The average molecular weight is 280 g/mol. The Morgan fingerprint density at radius 1 is 1.21 bits per heavy atom. The first-order valence-electron chi connectivity index (χ1n) is 6.02. The summed E-state index contributed by atoms with van der Waals surface area (Å²) in [5, 5.41) is 0.496. The monoisotopic (exact) mass is 279 g/mol. The molecule has 0 spiro atoms. The van der Waals surface area contributed by atoms with Gasteiger partial charge < -0.3 is 10.5 Å². The summed E-state index contributed by atoms with van der Waals surface area (Å²) >= 11 is 6.05. The van der Waals surface area contributed by atoms with Gasteiger partial charge in [-0.3, -0.25) is 0 Å². The maximum absolute atomic E-state index is 13.5. The second kappa shape index (κ2) is 6.04. The van der Waals surface area contributed by atoms with Gasteiger partial charge in [0.25, 0.3) is 0 Å². The minimum Gasteiger partial charge on any atom is -0.456 e. The van der Waals surface area contributed by atoms with Crippen LogP contribution in [0.2, 0.25) is 5.02 Å². The molecule has 0 saturated heterocycles. The molecule has 2 rings (SSSR count). The molecule has 0 amide bonds. The normalized spacial score (nSPS) is 10.5. The Morgan fingerprint density at radius 2 is 2.00 bits per heavy atom. The lowest BCUT2D eigenvalue weighted by Crippen LogP contribution is -2.03. The van der Waals surface area contributed by atoms with E-state index in [1.54, 1.807) is 12.1 Å². The summed E-state index contributed by atoms with van der Waals surface area (Å²) in [6.45, 7) is 2.41. The lowest BCUT2D eigenvalue weighted by molar-refractivity contribution is 0.475. The molecule has 0 unspecified atom stereocenters. The molecule has 2 aromatic rings. The summed E-state index contributed by atoms with van der Waals surface area (Å²) in [6.07, 6.45) is 0.607. The SMILES string of the molecule is Cc1ccc(Cl)c(Oc2cc(F)cc(CCN)c2)c1. The Morgan fingerprint density at radius 3 is 2.74 bits per heavy atom. The van der Waals surface area contributed by atoms with Crippen LogP contribution in [0.1, 0.15) is 11.1 Å². The second-order valence-electron chi connectivity index (χ2n) is 4.37. The Hall–Kier alpha value is -1.58. The van der Waals surface area contributed by atoms with E-state index in [0.29, 0.717) is 29.5 Å². The molecular weight excluding hydrogens is 265 g/mol. The van der Waals surface area contributed by atoms with Crippen molar-refractivity contribution >= 4 is 11.6 Å². The van der Waals surface area contributed by atoms with Crippen LogP contribution in [0.25, 0.3) is 0 Å². The zero-order valence-electron chi connectivity index (χ0n) is 10.6. The van der Waals surface area contributed by atoms with Crippen LogP contribution in [0.15, 0.2) is 36.4 Å². The highest BCUT2D eigenvalue weighted by Gasteiger charge is 2.06. The van der Waals surface area contributed by atoms with Crippen molar-refractivity contribution in [1.29, 1.82) is 0 Å². The van der Waals surface area contributed by atoms with Crippen LogP contribution in [0, 0.1) is 12.7 Å². The second-order valence-corrected chi connectivity index (χ2v) is 4.78. The van der Waals surface area contributed by atoms with E-state index in [1.807, 2.05) is 19.1 Å². The van der Waals surface area contributed by atoms with Gasteiger partial charge in [-0.1, -0.05) is 17.7 Å². The molecule has 0 saturated carbocycles. The first-order chi connectivity index (χ1) is 9.08. The van der Waals surface area contributed by atoms with Crippen molar-refractivity contribution in [1.82, 2.24) is 0 Å². The third-order valence-electron chi connectivity index (χ3n) is 2.68. The molecule has 0 aliphatic heterocycles. The Labute approximate surface area is 117 Å². The minimum absolute atomic E-state index is 0.343. The van der Waals surface area contributed by atoms with Gasteiger partial charge in [-0.05, 0) is 55.3 Å².